The summed E-state index contributed by atoms with van der Waals surface area (Å²) in [5.41, 5.74) is 4.75. The average Bonchev–Trinajstić information content (AvgIpc) is 3.48. The van der Waals surface area contributed by atoms with Gasteiger partial charge in [0.1, 0.15) is 0 Å². The average molecular weight is 531 g/mol. The molecule has 1 aromatic heterocycles. The molecule has 40 heavy (non-hydrogen) atoms. The molecular weight excluding hydrogens is 499 g/mol. The van der Waals surface area contributed by atoms with Crippen molar-refractivity contribution in [2.75, 3.05) is 0 Å². The molecule has 5 aromatic carbocycles. The Balaban J connectivity index is 1.47. The molecule has 0 spiro atoms. The Morgan fingerprint density at radius 3 is 1.55 bits per heavy atom. The summed E-state index contributed by atoms with van der Waals surface area (Å²) >= 11 is 0. The van der Waals surface area contributed by atoms with E-state index in [0.29, 0.717) is 0 Å². The van der Waals surface area contributed by atoms with E-state index in [0.717, 1.165) is 19.2 Å². The second kappa shape index (κ2) is 12.0. The molecule has 0 aliphatic heterocycles. The van der Waals surface area contributed by atoms with Gasteiger partial charge in [0.2, 0.25) is 7.28 Å². The Kier molecular flexibility index (Phi) is 7.69. The van der Waals surface area contributed by atoms with E-state index in [1.807, 2.05) is 6.20 Å². The third kappa shape index (κ3) is 5.40. The van der Waals surface area contributed by atoms with Crippen molar-refractivity contribution in [2.24, 2.45) is 0 Å². The zero-order valence-electron chi connectivity index (χ0n) is 22.5. The molecule has 2 nitrogen and oxygen atoms in total. The Bertz CT molecular complexity index is 1570. The van der Waals surface area contributed by atoms with E-state index >= 15 is 0 Å². The Hall–Kier alpha value is -4.67. The zero-order chi connectivity index (χ0) is 27.0. The third-order valence-corrected chi connectivity index (χ3v) is 12.4. The summed E-state index contributed by atoms with van der Waals surface area (Å²) in [4.78, 5) is 4.93. The Morgan fingerprint density at radius 1 is 0.600 bits per heavy atom. The predicted molar refractivity (Wildman–Crippen MR) is 174 cm³/mol. The van der Waals surface area contributed by atoms with Crippen molar-refractivity contribution in [3.05, 3.63) is 175 Å². The lowest BCUT2D eigenvalue weighted by molar-refractivity contribution is 0.893. The summed E-state index contributed by atoms with van der Waals surface area (Å²) in [5.74, 6) is 0. The molecule has 0 saturated heterocycles. The van der Waals surface area contributed by atoms with E-state index in [1.165, 1.54) is 32.2 Å². The normalized spacial score (nSPS) is 11.8. The summed E-state index contributed by atoms with van der Waals surface area (Å²) < 4.78 is 2.40. The first-order chi connectivity index (χ1) is 19.8. The van der Waals surface area contributed by atoms with Crippen LogP contribution in [0, 0.1) is 0 Å². The first-order valence-electron chi connectivity index (χ1n) is 13.8. The fraction of sp³-hybridized carbons (Fsp3) is 0.0278. The van der Waals surface area contributed by atoms with E-state index < -0.39 is 8.07 Å². The maximum Gasteiger partial charge on any atom is 0.239 e. The number of benzene rings is 5. The summed E-state index contributed by atoms with van der Waals surface area (Å²) in [5, 5.41) is 4.19. The number of hydrogen-bond donors (Lipinski definition) is 0. The van der Waals surface area contributed by atoms with Crippen molar-refractivity contribution >= 4 is 48.2 Å². The fourth-order valence-electron chi connectivity index (χ4n) is 5.66. The lowest BCUT2D eigenvalue weighted by Crippen LogP contribution is -2.70. The second-order valence-corrected chi connectivity index (χ2v) is 14.0. The van der Waals surface area contributed by atoms with Crippen molar-refractivity contribution in [1.82, 2.24) is 9.55 Å². The SMILES string of the molecule is B(C(=Cc1ccccc1)c1ccccc1)c1nccn1C[Si](c1ccccc1)(c1ccccc1)c1ccccc1. The van der Waals surface area contributed by atoms with Crippen molar-refractivity contribution in [3.63, 3.8) is 0 Å². The number of hydrogen-bond acceptors (Lipinski definition) is 1. The van der Waals surface area contributed by atoms with E-state index in [4.69, 9.17) is 4.98 Å². The van der Waals surface area contributed by atoms with Gasteiger partial charge < -0.3 is 4.57 Å². The monoisotopic (exact) mass is 530 g/mol. The maximum atomic E-state index is 4.93. The van der Waals surface area contributed by atoms with Crippen LogP contribution in [0.15, 0.2) is 164 Å². The van der Waals surface area contributed by atoms with Gasteiger partial charge in [-0.25, -0.2) is 0 Å². The van der Waals surface area contributed by atoms with Gasteiger partial charge in [0.15, 0.2) is 8.07 Å². The maximum absolute atomic E-state index is 4.93. The van der Waals surface area contributed by atoms with Gasteiger partial charge in [-0.3, -0.25) is 4.98 Å². The zero-order valence-corrected chi connectivity index (χ0v) is 23.5. The molecule has 0 unspecified atom stereocenters. The van der Waals surface area contributed by atoms with Gasteiger partial charge in [0.25, 0.3) is 0 Å². The molecule has 0 aliphatic carbocycles. The highest BCUT2D eigenvalue weighted by atomic mass is 28.3. The molecule has 0 N–H and O–H groups in total. The van der Waals surface area contributed by atoms with Crippen LogP contribution < -0.4 is 21.3 Å². The van der Waals surface area contributed by atoms with E-state index in [9.17, 15) is 0 Å². The highest BCUT2D eigenvalue weighted by molar-refractivity contribution is 7.10. The third-order valence-electron chi connectivity index (χ3n) is 7.64. The highest BCUT2D eigenvalue weighted by Gasteiger charge is 2.40. The van der Waals surface area contributed by atoms with Gasteiger partial charge in [0.05, 0.1) is 5.72 Å². The van der Waals surface area contributed by atoms with E-state index in [2.05, 4.69) is 168 Å². The van der Waals surface area contributed by atoms with Crippen LogP contribution in [-0.2, 0) is 6.17 Å². The van der Waals surface area contributed by atoms with Gasteiger partial charge in [-0.05, 0) is 26.7 Å². The lowest BCUT2D eigenvalue weighted by atomic mass is 9.65. The van der Waals surface area contributed by atoms with Crippen LogP contribution in [0.4, 0.5) is 0 Å². The summed E-state index contributed by atoms with van der Waals surface area (Å²) in [6.07, 6.45) is 7.29. The van der Waals surface area contributed by atoms with Crippen molar-refractivity contribution in [3.8, 4) is 0 Å². The van der Waals surface area contributed by atoms with E-state index in [1.54, 1.807) is 0 Å². The number of rotatable bonds is 9. The minimum atomic E-state index is -2.46. The number of aromatic nitrogens is 2. The topological polar surface area (TPSA) is 17.8 Å². The standard InChI is InChI=1S/C36H31BN2Si/c1-6-16-30(17-7-1)28-35(31-18-8-2-9-19-31)37-36-38-26-27-39(36)29-40(32-20-10-3-11-21-32,33-22-12-4-13-23-33)34-24-14-5-15-25-34/h1-28,37H,29H2. The van der Waals surface area contributed by atoms with Gasteiger partial charge in [0, 0.05) is 18.6 Å². The van der Waals surface area contributed by atoms with Crippen LogP contribution in [0.1, 0.15) is 11.1 Å². The molecule has 0 fully saturated rings. The molecule has 6 aromatic rings. The molecule has 6 rings (SSSR count). The van der Waals surface area contributed by atoms with Crippen LogP contribution in [-0.4, -0.2) is 24.9 Å². The van der Waals surface area contributed by atoms with Crippen LogP contribution >= 0.6 is 0 Å². The fourth-order valence-corrected chi connectivity index (χ4v) is 10.3. The summed E-state index contributed by atoms with van der Waals surface area (Å²) in [7, 11) is -1.72. The molecule has 0 amide bonds. The molecule has 0 radical (unpaired) electrons. The molecule has 0 atom stereocenters. The molecule has 0 bridgehead atoms. The van der Waals surface area contributed by atoms with Gasteiger partial charge in [-0.2, -0.15) is 0 Å². The smallest absolute Gasteiger partial charge is 0.239 e. The Labute approximate surface area is 238 Å². The molecule has 192 valence electrons. The van der Waals surface area contributed by atoms with Gasteiger partial charge in [-0.15, -0.1) is 0 Å². The minimum Gasteiger partial charge on any atom is -0.345 e. The summed E-state index contributed by atoms with van der Waals surface area (Å²) in [6.45, 7) is 0. The molecule has 0 aliphatic rings. The largest absolute Gasteiger partial charge is 0.345 e. The van der Waals surface area contributed by atoms with E-state index in [-0.39, 0.29) is 0 Å². The van der Waals surface area contributed by atoms with Crippen LogP contribution in [0.25, 0.3) is 11.5 Å². The quantitative estimate of drug-likeness (QED) is 0.149. The van der Waals surface area contributed by atoms with Gasteiger partial charge >= 0.3 is 0 Å². The van der Waals surface area contributed by atoms with Crippen molar-refractivity contribution in [2.45, 2.75) is 6.17 Å². The number of nitrogens with zero attached hydrogens (tertiary/aromatic N) is 2. The first-order valence-corrected chi connectivity index (χ1v) is 16.0. The van der Waals surface area contributed by atoms with Crippen LogP contribution in [0.5, 0.6) is 0 Å². The lowest BCUT2D eigenvalue weighted by Gasteiger charge is -2.34. The van der Waals surface area contributed by atoms with Crippen molar-refractivity contribution < 1.29 is 0 Å². The number of imidazole rings is 1. The van der Waals surface area contributed by atoms with Crippen LogP contribution in [0.3, 0.4) is 0 Å². The second-order valence-electron chi connectivity index (χ2n) is 10.1. The predicted octanol–water partition coefficient (Wildman–Crippen LogP) is 4.85. The summed E-state index contributed by atoms with van der Waals surface area (Å²) in [6, 6.07) is 54.5. The molecule has 0 saturated carbocycles. The molecule has 1 heterocycles. The van der Waals surface area contributed by atoms with Crippen molar-refractivity contribution in [1.29, 1.82) is 0 Å². The van der Waals surface area contributed by atoms with Gasteiger partial charge in [-0.1, -0.05) is 163 Å². The molecular formula is C36H31BN2Si. The highest BCUT2D eigenvalue weighted by Crippen LogP contribution is 2.18. The first kappa shape index (κ1) is 25.6. The molecule has 4 heteroatoms. The Morgan fingerprint density at radius 2 is 1.05 bits per heavy atom. The minimum absolute atomic E-state index is 0.745. The van der Waals surface area contributed by atoms with Crippen LogP contribution in [0.2, 0.25) is 0 Å².